The molecular weight excluding hydrogens is 750 g/mol. The summed E-state index contributed by atoms with van der Waals surface area (Å²) in [6, 6.07) is 33.9. The number of benzene rings is 4. The van der Waals surface area contributed by atoms with Crippen LogP contribution in [-0.4, -0.2) is 33.4 Å². The molecule has 0 saturated heterocycles. The second-order valence-electron chi connectivity index (χ2n) is 11.9. The Morgan fingerprint density at radius 3 is 2.22 bits per heavy atom. The Balaban J connectivity index is 0.00000372. The normalized spacial score (nSPS) is 11.2. The summed E-state index contributed by atoms with van der Waals surface area (Å²) in [5.41, 5.74) is 12.0. The van der Waals surface area contributed by atoms with Gasteiger partial charge in [0.2, 0.25) is 0 Å². The molecule has 232 valence electrons. The zero-order chi connectivity index (χ0) is 31.4. The first-order chi connectivity index (χ1) is 21.7. The number of ether oxygens (including phenoxy) is 1. The molecule has 0 bridgehead atoms. The topological polar surface area (TPSA) is 48.1 Å². The molecule has 0 aliphatic heterocycles. The number of rotatable bonds is 6. The molecule has 7 rings (SSSR count). The molecule has 0 saturated carbocycles. The van der Waals surface area contributed by atoms with E-state index in [2.05, 4.69) is 124 Å². The van der Waals surface area contributed by atoms with Gasteiger partial charge in [0.05, 0.1) is 5.69 Å². The predicted molar refractivity (Wildman–Crippen MR) is 183 cm³/mol. The van der Waals surface area contributed by atoms with E-state index < -0.39 is 0 Å². The second kappa shape index (κ2) is 12.3. The Labute approximate surface area is 284 Å². The minimum Gasteiger partial charge on any atom is -0.509 e. The van der Waals surface area contributed by atoms with Crippen molar-refractivity contribution in [2.75, 3.05) is 19.0 Å². The fraction of sp³-hybridized carbons (Fsp3) is 0.179. The molecule has 3 heterocycles. The maximum absolute atomic E-state index is 6.40. The predicted octanol–water partition coefficient (Wildman–Crippen LogP) is 9.03. The Kier molecular flexibility index (Phi) is 8.35. The minimum atomic E-state index is 0. The van der Waals surface area contributed by atoms with Gasteiger partial charge in [0.1, 0.15) is 5.82 Å². The van der Waals surface area contributed by atoms with Crippen LogP contribution in [0.25, 0.3) is 44.4 Å². The Hall–Kier alpha value is -4.67. The number of para-hydroxylation sites is 1. The van der Waals surface area contributed by atoms with Gasteiger partial charge in [0.15, 0.2) is 0 Å². The molecule has 0 N–H and O–H groups in total. The van der Waals surface area contributed by atoms with Crippen LogP contribution in [0.4, 0.5) is 5.69 Å². The van der Waals surface area contributed by atoms with Crippen LogP contribution >= 0.6 is 0 Å². The number of anilines is 1. The summed E-state index contributed by atoms with van der Waals surface area (Å²) in [7, 11) is 4.15. The molecule has 3 aromatic heterocycles. The van der Waals surface area contributed by atoms with Crippen molar-refractivity contribution in [2.45, 2.75) is 34.6 Å². The van der Waals surface area contributed by atoms with Crippen LogP contribution in [0.5, 0.6) is 11.5 Å². The van der Waals surface area contributed by atoms with E-state index in [1.165, 1.54) is 22.4 Å². The molecule has 0 atom stereocenters. The maximum Gasteiger partial charge on any atom is 2.00 e. The van der Waals surface area contributed by atoms with Crippen molar-refractivity contribution < 1.29 is 25.8 Å². The molecular formula is C39H35N5OPt. The fourth-order valence-corrected chi connectivity index (χ4v) is 6.38. The van der Waals surface area contributed by atoms with Crippen LogP contribution < -0.4 is 9.64 Å². The van der Waals surface area contributed by atoms with E-state index in [0.717, 1.165) is 55.8 Å². The Morgan fingerprint density at radius 1 is 0.739 bits per heavy atom. The van der Waals surface area contributed by atoms with Gasteiger partial charge in [-0.25, -0.2) is 4.98 Å². The van der Waals surface area contributed by atoms with E-state index in [0.29, 0.717) is 11.5 Å². The molecule has 0 aliphatic rings. The molecule has 7 aromatic rings. The first kappa shape index (κ1) is 31.3. The molecule has 0 unspecified atom stereocenters. The number of aromatic nitrogens is 4. The van der Waals surface area contributed by atoms with Crippen LogP contribution in [0.1, 0.15) is 28.1 Å². The van der Waals surface area contributed by atoms with E-state index in [-0.39, 0.29) is 21.1 Å². The van der Waals surface area contributed by atoms with Gasteiger partial charge in [-0.15, -0.1) is 35.7 Å². The van der Waals surface area contributed by atoms with E-state index in [1.807, 2.05) is 41.2 Å². The Morgan fingerprint density at radius 2 is 1.48 bits per heavy atom. The third-order valence-electron chi connectivity index (χ3n) is 8.46. The average Bonchev–Trinajstić information content (AvgIpc) is 3.50. The molecule has 0 radical (unpaired) electrons. The molecule has 4 aromatic carbocycles. The molecule has 0 spiro atoms. The van der Waals surface area contributed by atoms with Crippen LogP contribution in [-0.2, 0) is 21.1 Å². The number of hydrogen-bond donors (Lipinski definition) is 0. The van der Waals surface area contributed by atoms with Gasteiger partial charge >= 0.3 is 21.1 Å². The Bertz CT molecular complexity index is 2220. The van der Waals surface area contributed by atoms with Gasteiger partial charge in [-0.05, 0) is 98.3 Å². The molecule has 0 amide bonds. The average molecular weight is 785 g/mol. The molecule has 0 fully saturated rings. The van der Waals surface area contributed by atoms with Crippen LogP contribution in [0, 0.1) is 46.8 Å². The van der Waals surface area contributed by atoms with Gasteiger partial charge in [-0.3, -0.25) is 4.68 Å². The molecule has 6 nitrogen and oxygen atoms in total. The van der Waals surface area contributed by atoms with E-state index in [1.54, 1.807) is 0 Å². The van der Waals surface area contributed by atoms with Crippen LogP contribution in [0.2, 0.25) is 0 Å². The van der Waals surface area contributed by atoms with Crippen molar-refractivity contribution >= 4 is 27.5 Å². The second-order valence-corrected chi connectivity index (χ2v) is 11.9. The van der Waals surface area contributed by atoms with Crippen LogP contribution in [0.3, 0.4) is 0 Å². The summed E-state index contributed by atoms with van der Waals surface area (Å²) in [5, 5.41) is 7.21. The van der Waals surface area contributed by atoms with Crippen molar-refractivity contribution in [3.63, 3.8) is 0 Å². The standard InChI is InChI=1S/C39H35N5O.Pt/c1-24-17-18-40-37(19-24)43-35-14-9-8-13-33(35)34-16-15-32(23-36(34)43)45-31-12-10-11-29(22-31)44-28(5)39(27(4)41-44)38-25(2)20-30(42(6)7)21-26(38)3;/h8-21H,1-7H3;/q-2;+2. The van der Waals surface area contributed by atoms with E-state index in [9.17, 15) is 0 Å². The first-order valence-corrected chi connectivity index (χ1v) is 15.1. The summed E-state index contributed by atoms with van der Waals surface area (Å²) in [5.74, 6) is 2.05. The summed E-state index contributed by atoms with van der Waals surface area (Å²) in [6.07, 6.45) is 1.85. The SMILES string of the molecule is Cc1ccnc(-n2c3[c-]c(Oc4[c-]c(-n5nc(C)c(-c6c(C)cc(N(C)C)cc6C)c5C)ccc4)ccc3c3ccccc32)c1.[Pt+2]. The smallest absolute Gasteiger partial charge is 0.509 e. The third-order valence-corrected chi connectivity index (χ3v) is 8.46. The van der Waals surface area contributed by atoms with Gasteiger partial charge in [0.25, 0.3) is 0 Å². The van der Waals surface area contributed by atoms with E-state index >= 15 is 0 Å². The third kappa shape index (κ3) is 5.41. The number of fused-ring (bicyclic) bond motifs is 3. The van der Waals surface area contributed by atoms with Crippen molar-refractivity contribution in [1.29, 1.82) is 0 Å². The van der Waals surface area contributed by atoms with Gasteiger partial charge in [0, 0.05) is 54.3 Å². The minimum absolute atomic E-state index is 0. The van der Waals surface area contributed by atoms with Gasteiger partial charge in [-0.1, -0.05) is 23.7 Å². The molecule has 7 heteroatoms. The summed E-state index contributed by atoms with van der Waals surface area (Å²) >= 11 is 0. The zero-order valence-corrected chi connectivity index (χ0v) is 29.3. The number of aryl methyl sites for hydroxylation is 4. The van der Waals surface area contributed by atoms with E-state index in [4.69, 9.17) is 9.84 Å². The van der Waals surface area contributed by atoms with Crippen LogP contribution in [0.15, 0.2) is 85.1 Å². The van der Waals surface area contributed by atoms with Crippen molar-refractivity contribution in [2.24, 2.45) is 0 Å². The van der Waals surface area contributed by atoms with Gasteiger partial charge < -0.3 is 14.2 Å². The number of nitrogens with zero attached hydrogens (tertiary/aromatic N) is 5. The number of pyridine rings is 1. The van der Waals surface area contributed by atoms with Crippen molar-refractivity contribution in [1.82, 2.24) is 19.3 Å². The summed E-state index contributed by atoms with van der Waals surface area (Å²) < 4.78 is 10.5. The monoisotopic (exact) mass is 784 g/mol. The molecule has 46 heavy (non-hydrogen) atoms. The summed E-state index contributed by atoms with van der Waals surface area (Å²) in [6.45, 7) is 10.6. The largest absolute Gasteiger partial charge is 2.00 e. The maximum atomic E-state index is 6.40. The quantitative estimate of drug-likeness (QED) is 0.158. The summed E-state index contributed by atoms with van der Waals surface area (Å²) in [4.78, 5) is 6.83. The number of hydrogen-bond acceptors (Lipinski definition) is 4. The fourth-order valence-electron chi connectivity index (χ4n) is 6.38. The molecule has 0 aliphatic carbocycles. The first-order valence-electron chi connectivity index (χ1n) is 15.1. The zero-order valence-electron chi connectivity index (χ0n) is 27.0. The van der Waals surface area contributed by atoms with Crippen molar-refractivity contribution in [3.05, 3.63) is 125 Å². The van der Waals surface area contributed by atoms with Gasteiger partial charge in [-0.2, -0.15) is 17.2 Å². The van der Waals surface area contributed by atoms with Crippen molar-refractivity contribution in [3.8, 4) is 34.1 Å².